The molecule has 7 nitrogen and oxygen atoms in total. The van der Waals surface area contributed by atoms with Gasteiger partial charge in [-0.1, -0.05) is 36.4 Å². The highest BCUT2D eigenvalue weighted by Gasteiger charge is 2.41. The third-order valence-corrected chi connectivity index (χ3v) is 6.92. The van der Waals surface area contributed by atoms with E-state index < -0.39 is 27.8 Å². The van der Waals surface area contributed by atoms with Crippen molar-refractivity contribution in [2.24, 2.45) is 7.05 Å². The Balaban J connectivity index is 1.62. The van der Waals surface area contributed by atoms with E-state index in [0.29, 0.717) is 0 Å². The van der Waals surface area contributed by atoms with Crippen molar-refractivity contribution in [3.05, 3.63) is 84.1 Å². The van der Waals surface area contributed by atoms with Gasteiger partial charge in [0.05, 0.1) is 12.4 Å². The molecule has 2 heterocycles. The third kappa shape index (κ3) is 3.99. The second-order valence-electron chi connectivity index (χ2n) is 7.31. The molecule has 1 N–H and O–H groups in total. The number of aryl methyl sites for hydroxylation is 1. The number of nitrogens with zero attached hydrogens (tertiary/aromatic N) is 3. The van der Waals surface area contributed by atoms with E-state index in [1.165, 1.54) is 35.0 Å². The fourth-order valence-corrected chi connectivity index (χ4v) is 5.14. The van der Waals surface area contributed by atoms with Gasteiger partial charge in [0.2, 0.25) is 0 Å². The lowest BCUT2D eigenvalue weighted by Crippen LogP contribution is -2.40. The van der Waals surface area contributed by atoms with Crippen molar-refractivity contribution in [2.45, 2.75) is 17.0 Å². The molecule has 9 heteroatoms. The summed E-state index contributed by atoms with van der Waals surface area (Å²) in [7, 11) is -2.11. The molecule has 2 aromatic carbocycles. The number of benzene rings is 2. The highest BCUT2D eigenvalue weighted by molar-refractivity contribution is 7.89. The molecule has 1 saturated heterocycles. The summed E-state index contributed by atoms with van der Waals surface area (Å²) in [5.74, 6) is -1.20. The van der Waals surface area contributed by atoms with Gasteiger partial charge in [0.25, 0.3) is 15.9 Å². The predicted octanol–water partition coefficient (Wildman–Crippen LogP) is 2.15. The van der Waals surface area contributed by atoms with Crippen LogP contribution in [0.4, 0.5) is 4.39 Å². The summed E-state index contributed by atoms with van der Waals surface area (Å²) >= 11 is 0. The standard InChI is InChI=1S/C21H21FN4O3S/c1-25-13-20(23-14-25)30(28,29)26-11-18(15-6-3-2-4-7-15)19(12-26)24-21(27)16-8-5-9-17(22)10-16/h2-10,13-14,18-19H,11-12H2,1H3,(H,24,27)/t18-,19+/m1/s1. The Kier molecular flexibility index (Phi) is 5.40. The Bertz CT molecular complexity index is 1160. The smallest absolute Gasteiger partial charge is 0.262 e. The molecule has 0 radical (unpaired) electrons. The van der Waals surface area contributed by atoms with Crippen molar-refractivity contribution in [2.75, 3.05) is 13.1 Å². The Morgan fingerprint density at radius 2 is 1.90 bits per heavy atom. The summed E-state index contributed by atoms with van der Waals surface area (Å²) in [5, 5.41) is 2.86. The monoisotopic (exact) mass is 428 g/mol. The predicted molar refractivity (Wildman–Crippen MR) is 109 cm³/mol. The summed E-state index contributed by atoms with van der Waals surface area (Å²) in [6.07, 6.45) is 2.88. The largest absolute Gasteiger partial charge is 0.347 e. The molecular weight excluding hydrogens is 407 g/mol. The van der Waals surface area contributed by atoms with Crippen molar-refractivity contribution in [1.82, 2.24) is 19.2 Å². The lowest BCUT2D eigenvalue weighted by molar-refractivity contribution is 0.0935. The molecule has 1 aliphatic rings. The normalized spacial score (nSPS) is 19.7. The highest BCUT2D eigenvalue weighted by Crippen LogP contribution is 2.31. The molecule has 1 fully saturated rings. The van der Waals surface area contributed by atoms with Crippen molar-refractivity contribution in [3.63, 3.8) is 0 Å². The molecule has 1 aromatic heterocycles. The fourth-order valence-electron chi connectivity index (χ4n) is 3.68. The molecule has 0 bridgehead atoms. The van der Waals surface area contributed by atoms with Crippen LogP contribution in [0.5, 0.6) is 0 Å². The summed E-state index contributed by atoms with van der Waals surface area (Å²) < 4.78 is 42.5. The number of nitrogens with one attached hydrogen (secondary N) is 1. The number of sulfonamides is 1. The van der Waals surface area contributed by atoms with E-state index >= 15 is 0 Å². The zero-order valence-electron chi connectivity index (χ0n) is 16.3. The number of halogens is 1. The number of hydrogen-bond acceptors (Lipinski definition) is 4. The number of hydrogen-bond donors (Lipinski definition) is 1. The topological polar surface area (TPSA) is 84.3 Å². The number of amides is 1. The first-order valence-electron chi connectivity index (χ1n) is 9.44. The highest BCUT2D eigenvalue weighted by atomic mass is 32.2. The van der Waals surface area contributed by atoms with E-state index in [9.17, 15) is 17.6 Å². The first kappa shape index (κ1) is 20.2. The average molecular weight is 428 g/mol. The maximum absolute atomic E-state index is 13.5. The van der Waals surface area contributed by atoms with Crippen LogP contribution in [0.3, 0.4) is 0 Å². The quantitative estimate of drug-likeness (QED) is 0.675. The van der Waals surface area contributed by atoms with E-state index in [1.54, 1.807) is 11.6 Å². The van der Waals surface area contributed by atoms with Crippen LogP contribution < -0.4 is 5.32 Å². The van der Waals surface area contributed by atoms with Crippen LogP contribution in [-0.4, -0.2) is 47.3 Å². The number of carbonyl (C=O) groups excluding carboxylic acids is 1. The zero-order chi connectivity index (χ0) is 21.3. The fraction of sp³-hybridized carbons (Fsp3) is 0.238. The van der Waals surface area contributed by atoms with Gasteiger partial charge in [-0.2, -0.15) is 4.31 Å². The van der Waals surface area contributed by atoms with Crippen LogP contribution in [0.2, 0.25) is 0 Å². The SMILES string of the molecule is Cn1cnc(S(=O)(=O)N2C[C@H](NC(=O)c3cccc(F)c3)[C@@H](c3ccccc3)C2)c1. The van der Waals surface area contributed by atoms with Crippen LogP contribution >= 0.6 is 0 Å². The summed E-state index contributed by atoms with van der Waals surface area (Å²) in [6, 6.07) is 14.4. The average Bonchev–Trinajstić information content (AvgIpc) is 3.36. The van der Waals surface area contributed by atoms with Gasteiger partial charge in [-0.25, -0.2) is 17.8 Å². The minimum Gasteiger partial charge on any atom is -0.347 e. The van der Waals surface area contributed by atoms with E-state index in [1.807, 2.05) is 30.3 Å². The number of imidazole rings is 1. The van der Waals surface area contributed by atoms with Crippen LogP contribution in [0.25, 0.3) is 0 Å². The zero-order valence-corrected chi connectivity index (χ0v) is 17.1. The lowest BCUT2D eigenvalue weighted by Gasteiger charge is -2.20. The molecule has 30 heavy (non-hydrogen) atoms. The van der Waals surface area contributed by atoms with Gasteiger partial charge in [-0.3, -0.25) is 4.79 Å². The van der Waals surface area contributed by atoms with Gasteiger partial charge in [-0.05, 0) is 23.8 Å². The Morgan fingerprint density at radius 3 is 2.57 bits per heavy atom. The summed E-state index contributed by atoms with van der Waals surface area (Å²) in [6.45, 7) is 0.302. The first-order valence-corrected chi connectivity index (χ1v) is 10.9. The maximum Gasteiger partial charge on any atom is 0.262 e. The van der Waals surface area contributed by atoms with E-state index in [2.05, 4.69) is 10.3 Å². The molecule has 0 aliphatic carbocycles. The Labute approximate surface area is 174 Å². The van der Waals surface area contributed by atoms with E-state index in [0.717, 1.165) is 11.6 Å². The molecule has 1 aliphatic heterocycles. The van der Waals surface area contributed by atoms with Crippen molar-refractivity contribution >= 4 is 15.9 Å². The van der Waals surface area contributed by atoms with Crippen LogP contribution in [0.15, 0.2) is 72.1 Å². The molecule has 2 atom stereocenters. The molecular formula is C21H21FN4O3S. The third-order valence-electron chi connectivity index (χ3n) is 5.20. The van der Waals surface area contributed by atoms with Gasteiger partial charge in [-0.15, -0.1) is 0 Å². The maximum atomic E-state index is 13.5. The summed E-state index contributed by atoms with van der Waals surface area (Å²) in [5.41, 5.74) is 1.11. The van der Waals surface area contributed by atoms with Gasteiger partial charge >= 0.3 is 0 Å². The molecule has 0 unspecified atom stereocenters. The van der Waals surface area contributed by atoms with E-state index in [4.69, 9.17) is 0 Å². The van der Waals surface area contributed by atoms with Crippen LogP contribution in [-0.2, 0) is 17.1 Å². The molecule has 0 saturated carbocycles. The Morgan fingerprint density at radius 1 is 1.13 bits per heavy atom. The minimum atomic E-state index is -3.81. The second-order valence-corrected chi connectivity index (χ2v) is 9.19. The molecule has 3 aromatic rings. The Hall–Kier alpha value is -3.04. The lowest BCUT2D eigenvalue weighted by atomic mass is 9.94. The second kappa shape index (κ2) is 8.00. The van der Waals surface area contributed by atoms with Crippen molar-refractivity contribution < 1.29 is 17.6 Å². The van der Waals surface area contributed by atoms with Gasteiger partial charge < -0.3 is 9.88 Å². The first-order chi connectivity index (χ1) is 14.3. The number of rotatable bonds is 5. The van der Waals surface area contributed by atoms with Gasteiger partial charge in [0.1, 0.15) is 5.82 Å². The molecule has 4 rings (SSSR count). The minimum absolute atomic E-state index is 0.0334. The van der Waals surface area contributed by atoms with Crippen molar-refractivity contribution in [3.8, 4) is 0 Å². The molecule has 0 spiro atoms. The molecule has 1 amide bonds. The van der Waals surface area contributed by atoms with Crippen LogP contribution in [0.1, 0.15) is 21.8 Å². The van der Waals surface area contributed by atoms with Crippen LogP contribution in [0, 0.1) is 5.82 Å². The number of aromatic nitrogens is 2. The van der Waals surface area contributed by atoms with Gasteiger partial charge in [0, 0.05) is 37.8 Å². The van der Waals surface area contributed by atoms with Gasteiger partial charge in [0.15, 0.2) is 5.03 Å². The van der Waals surface area contributed by atoms with Crippen molar-refractivity contribution in [1.29, 1.82) is 0 Å². The molecule has 156 valence electrons. The number of carbonyl (C=O) groups is 1. The van der Waals surface area contributed by atoms with E-state index in [-0.39, 0.29) is 29.6 Å². The summed E-state index contributed by atoms with van der Waals surface area (Å²) in [4.78, 5) is 16.7.